The Kier molecular flexibility index (Phi) is 12.2. The molecule has 242 valence electrons. The van der Waals surface area contributed by atoms with Crippen LogP contribution in [0.4, 0.5) is 5.69 Å². The van der Waals surface area contributed by atoms with Gasteiger partial charge >= 0.3 is 35.5 Å². The van der Waals surface area contributed by atoms with Gasteiger partial charge in [-0.1, -0.05) is 25.5 Å². The molecule has 1 amide bonds. The zero-order chi connectivity index (χ0) is 32.0. The first-order valence-corrected chi connectivity index (χ1v) is 15.7. The molecule has 0 aliphatic heterocycles. The number of hydrogen-bond acceptors (Lipinski definition) is 10. The number of aliphatic hydroxyl groups excluding tert-OH is 1. The summed E-state index contributed by atoms with van der Waals surface area (Å²) in [5.41, 5.74) is 4.16. The summed E-state index contributed by atoms with van der Waals surface area (Å²) in [5, 5.41) is 22.7. The fraction of sp³-hybridized carbons (Fsp3) is 0.548. The number of ketones is 2. The third kappa shape index (κ3) is 7.29. The molecule has 0 radical (unpaired) electrons. The topological polar surface area (TPSA) is 224 Å². The number of carbonyl (C=O) groups is 4. The van der Waals surface area contributed by atoms with Crippen molar-refractivity contribution in [3.05, 3.63) is 52.8 Å². The summed E-state index contributed by atoms with van der Waals surface area (Å²) >= 11 is 0. The van der Waals surface area contributed by atoms with E-state index in [4.69, 9.17) is 10.5 Å². The zero-order valence-corrected chi connectivity index (χ0v) is 29.1. The van der Waals surface area contributed by atoms with E-state index in [1.165, 1.54) is 31.2 Å². The molecule has 4 aliphatic rings. The average molecular weight is 657 g/mol. The van der Waals surface area contributed by atoms with E-state index in [0.717, 1.165) is 25.3 Å². The van der Waals surface area contributed by atoms with Crippen LogP contribution in [0.1, 0.15) is 59.8 Å². The van der Waals surface area contributed by atoms with Crippen molar-refractivity contribution in [1.82, 2.24) is 0 Å². The van der Waals surface area contributed by atoms with E-state index >= 15 is 0 Å². The molecule has 0 unspecified atom stereocenters. The minimum atomic E-state index is -3.86. The Bertz CT molecular complexity index is 1490. The number of carbonyl (C=O) groups excluding carboxylic acids is 4. The van der Waals surface area contributed by atoms with Crippen molar-refractivity contribution >= 4 is 39.2 Å². The number of hydrogen-bond donors (Lipinski definition) is 3. The number of sulfonamides is 1. The molecule has 0 heterocycles. The van der Waals surface area contributed by atoms with Crippen LogP contribution < -0.4 is 35.3 Å². The quantitative estimate of drug-likeness (QED) is 0.203. The van der Waals surface area contributed by atoms with Crippen LogP contribution in [-0.4, -0.2) is 65.9 Å². The zero-order valence-electron chi connectivity index (χ0n) is 26.3. The molecule has 0 aromatic heterocycles. The number of anilines is 1. The van der Waals surface area contributed by atoms with Gasteiger partial charge in [-0.15, -0.1) is 0 Å². The number of amides is 1. The third-order valence-electron chi connectivity index (χ3n) is 9.94. The van der Waals surface area contributed by atoms with E-state index in [1.54, 1.807) is 12.2 Å². The SMILES string of the molecule is CC(=O)OCC(=O)[C@@]1(O)CC[C@H]2[C@@H]3CCC4=CC(=O)C=C[C@]4(C)[C@H]3[C@@H](O)C[C@@]21C.CC(=O)[N-]S(=O)(=O)c1ccc(N)cc1.O.[Na+]. The normalized spacial score (nSPS) is 32.8. The van der Waals surface area contributed by atoms with Crippen LogP contribution in [0.3, 0.4) is 0 Å². The van der Waals surface area contributed by atoms with E-state index in [-0.39, 0.29) is 68.9 Å². The Hall–Kier alpha value is -2.39. The summed E-state index contributed by atoms with van der Waals surface area (Å²) < 4.78 is 30.5. The van der Waals surface area contributed by atoms with Crippen LogP contribution in [0.15, 0.2) is 53.0 Å². The molecule has 1 aromatic carbocycles. The number of allylic oxidation sites excluding steroid dienone is 4. The van der Waals surface area contributed by atoms with Gasteiger partial charge in [0.15, 0.2) is 12.4 Å². The standard InChI is InChI=1S/C23H30O6.C8H10N2O3S.Na.H2O/c1-13(24)29-12-19(27)23(28)9-7-17-16-5-4-14-10-15(25)6-8-21(14,2)20(16)18(26)11-22(17,23)3;1-6(11)10-14(12,13)8-4-2-7(9)3-5-8;;/h6,8,10,16-18,20,26,28H,4-5,7,9,11-12H2,1-3H3;2-5H,9H2,1H3,(H,10,11);;1H2/q;;+1;/p-1/t16-,17-,18-,20+,21-,22-,23-;;;/m0.../s1. The number of nitrogen functional groups attached to an aromatic ring is 1. The summed E-state index contributed by atoms with van der Waals surface area (Å²) in [6, 6.07) is 5.47. The van der Waals surface area contributed by atoms with Crippen molar-refractivity contribution in [3.63, 3.8) is 0 Å². The molecule has 1 aromatic rings. The number of esters is 1. The molecule has 0 saturated heterocycles. The molecule has 4 aliphatic carbocycles. The Morgan fingerprint density at radius 2 is 1.73 bits per heavy atom. The van der Waals surface area contributed by atoms with Gasteiger partial charge in [0, 0.05) is 29.4 Å². The van der Waals surface area contributed by atoms with Gasteiger partial charge in [-0.25, -0.2) is 8.42 Å². The van der Waals surface area contributed by atoms with Crippen molar-refractivity contribution in [1.29, 1.82) is 0 Å². The molecular weight excluding hydrogens is 615 g/mol. The summed E-state index contributed by atoms with van der Waals surface area (Å²) in [5.74, 6) is -1.58. The van der Waals surface area contributed by atoms with Gasteiger partial charge in [0.2, 0.25) is 5.78 Å². The number of fused-ring (bicyclic) bond motifs is 5. The fourth-order valence-electron chi connectivity index (χ4n) is 7.94. The van der Waals surface area contributed by atoms with Gasteiger partial charge in [0.1, 0.15) is 15.6 Å². The Labute approximate surface area is 285 Å². The molecule has 12 nitrogen and oxygen atoms in total. The van der Waals surface area contributed by atoms with Crippen molar-refractivity contribution in [3.8, 4) is 0 Å². The predicted molar refractivity (Wildman–Crippen MR) is 160 cm³/mol. The number of aliphatic hydroxyl groups is 2. The van der Waals surface area contributed by atoms with Gasteiger partial charge in [0.05, 0.1) is 16.9 Å². The number of ether oxygens (including phenoxy) is 1. The molecule has 6 N–H and O–H groups in total. The molecular formula is C31H41N2NaO10S. The van der Waals surface area contributed by atoms with Gasteiger partial charge in [-0.05, 0) is 87.3 Å². The second-order valence-electron chi connectivity index (χ2n) is 12.5. The van der Waals surface area contributed by atoms with Crippen LogP contribution >= 0.6 is 0 Å². The Morgan fingerprint density at radius 1 is 1.11 bits per heavy atom. The van der Waals surface area contributed by atoms with Gasteiger partial charge in [0.25, 0.3) is 0 Å². The summed E-state index contributed by atoms with van der Waals surface area (Å²) in [4.78, 5) is 46.4. The van der Waals surface area contributed by atoms with Gasteiger partial charge < -0.3 is 35.7 Å². The molecule has 7 atom stereocenters. The number of nitrogens with two attached hydrogens (primary N) is 1. The molecule has 0 spiro atoms. The van der Waals surface area contributed by atoms with E-state index in [9.17, 15) is 37.8 Å². The largest absolute Gasteiger partial charge is 1.00 e. The average Bonchev–Trinajstić information content (AvgIpc) is 3.18. The molecule has 5 rings (SSSR count). The van der Waals surface area contributed by atoms with Gasteiger partial charge in [-0.3, -0.25) is 14.4 Å². The first kappa shape index (κ1) is 38.8. The number of nitrogens with zero attached hydrogens (tertiary/aromatic N) is 1. The molecule has 14 heteroatoms. The molecule has 45 heavy (non-hydrogen) atoms. The smallest absolute Gasteiger partial charge is 0.542 e. The van der Waals surface area contributed by atoms with Crippen LogP contribution in [0, 0.1) is 28.6 Å². The van der Waals surface area contributed by atoms with E-state index in [0.29, 0.717) is 24.9 Å². The van der Waals surface area contributed by atoms with E-state index < -0.39 is 51.4 Å². The number of Topliss-reactive ketones (excluding diaryl/α,β-unsaturated/α-hetero) is 1. The van der Waals surface area contributed by atoms with Crippen LogP contribution in [0.25, 0.3) is 4.72 Å². The molecule has 0 bridgehead atoms. The molecule has 3 saturated carbocycles. The van der Waals surface area contributed by atoms with E-state index in [2.05, 4.69) is 11.6 Å². The molecule has 3 fully saturated rings. The summed E-state index contributed by atoms with van der Waals surface area (Å²) in [6.07, 6.45) is 7.50. The predicted octanol–water partition coefficient (Wildman–Crippen LogP) is -0.815. The monoisotopic (exact) mass is 656 g/mol. The van der Waals surface area contributed by atoms with Crippen LogP contribution in [0.5, 0.6) is 0 Å². The van der Waals surface area contributed by atoms with Crippen molar-refractivity contribution in [2.24, 2.45) is 28.6 Å². The fourth-order valence-corrected chi connectivity index (χ4v) is 8.86. The summed E-state index contributed by atoms with van der Waals surface area (Å²) in [7, 11) is -3.86. The second-order valence-corrected chi connectivity index (χ2v) is 14.1. The number of benzene rings is 1. The first-order valence-electron chi connectivity index (χ1n) is 14.3. The van der Waals surface area contributed by atoms with Crippen molar-refractivity contribution < 1.29 is 77.6 Å². The van der Waals surface area contributed by atoms with Crippen molar-refractivity contribution in [2.75, 3.05) is 12.3 Å². The van der Waals surface area contributed by atoms with E-state index in [1.807, 2.05) is 13.0 Å². The Balaban J connectivity index is 0.000000376. The third-order valence-corrected chi connectivity index (χ3v) is 11.3. The van der Waals surface area contributed by atoms with Gasteiger partial charge in [-0.2, -0.15) is 0 Å². The Morgan fingerprint density at radius 3 is 2.31 bits per heavy atom. The maximum atomic E-state index is 12.9. The number of rotatable bonds is 5. The first-order chi connectivity index (χ1) is 19.9. The maximum absolute atomic E-state index is 12.9. The minimum Gasteiger partial charge on any atom is -0.542 e. The summed E-state index contributed by atoms with van der Waals surface area (Å²) in [6.45, 7) is 5.88. The maximum Gasteiger partial charge on any atom is 1.00 e. The minimum absolute atomic E-state index is 0. The van der Waals surface area contributed by atoms with Crippen LogP contribution in [-0.2, 0) is 33.9 Å². The second kappa shape index (κ2) is 14.2. The van der Waals surface area contributed by atoms with Crippen molar-refractivity contribution in [2.45, 2.75) is 76.4 Å². The van der Waals surface area contributed by atoms with Crippen LogP contribution in [0.2, 0.25) is 0 Å².